The van der Waals surface area contributed by atoms with Gasteiger partial charge in [0.25, 0.3) is 5.91 Å². The molecule has 0 spiro atoms. The number of nitrogens with one attached hydrogen (secondary N) is 1. The minimum atomic E-state index is -0.342. The summed E-state index contributed by atoms with van der Waals surface area (Å²) in [5, 5.41) is 2.81. The van der Waals surface area contributed by atoms with Crippen LogP contribution in [0.3, 0.4) is 0 Å². The fourth-order valence-corrected chi connectivity index (χ4v) is 2.16. The van der Waals surface area contributed by atoms with Gasteiger partial charge < -0.3 is 5.32 Å². The summed E-state index contributed by atoms with van der Waals surface area (Å²) in [6.07, 6.45) is 0.756. The maximum Gasteiger partial charge on any atom is 0.251 e. The third-order valence-corrected chi connectivity index (χ3v) is 3.19. The first-order valence-electron chi connectivity index (χ1n) is 5.93. The summed E-state index contributed by atoms with van der Waals surface area (Å²) >= 11 is 3.40. The third kappa shape index (κ3) is 4.17. The molecule has 0 aliphatic rings. The van der Waals surface area contributed by atoms with Crippen LogP contribution in [0, 0.1) is 5.82 Å². The van der Waals surface area contributed by atoms with Gasteiger partial charge in [0.05, 0.1) is 0 Å². The molecule has 19 heavy (non-hydrogen) atoms. The predicted molar refractivity (Wildman–Crippen MR) is 76.6 cm³/mol. The van der Waals surface area contributed by atoms with Crippen molar-refractivity contribution < 1.29 is 9.18 Å². The molecule has 0 heterocycles. The van der Waals surface area contributed by atoms with Crippen molar-refractivity contribution in [1.29, 1.82) is 0 Å². The second-order valence-electron chi connectivity index (χ2n) is 4.14. The zero-order valence-corrected chi connectivity index (χ0v) is 11.8. The largest absolute Gasteiger partial charge is 0.352 e. The van der Waals surface area contributed by atoms with Crippen LogP contribution in [0.25, 0.3) is 0 Å². The molecule has 0 atom stereocenters. The summed E-state index contributed by atoms with van der Waals surface area (Å²) in [6, 6.07) is 13.5. The van der Waals surface area contributed by atoms with Crippen LogP contribution in [-0.4, -0.2) is 12.5 Å². The summed E-state index contributed by atoms with van der Waals surface area (Å²) in [6.45, 7) is 0.548. The van der Waals surface area contributed by atoms with E-state index in [1.54, 1.807) is 0 Å². The van der Waals surface area contributed by atoms with Gasteiger partial charge in [-0.2, -0.15) is 0 Å². The van der Waals surface area contributed by atoms with Crippen molar-refractivity contribution in [2.75, 3.05) is 6.54 Å². The van der Waals surface area contributed by atoms with E-state index >= 15 is 0 Å². The van der Waals surface area contributed by atoms with E-state index in [0.717, 1.165) is 16.5 Å². The van der Waals surface area contributed by atoms with E-state index in [0.29, 0.717) is 12.1 Å². The molecular formula is C15H13BrFNO. The molecule has 1 amide bonds. The fourth-order valence-electron chi connectivity index (χ4n) is 1.72. The minimum Gasteiger partial charge on any atom is -0.352 e. The van der Waals surface area contributed by atoms with Crippen molar-refractivity contribution in [2.24, 2.45) is 0 Å². The van der Waals surface area contributed by atoms with E-state index in [-0.39, 0.29) is 11.7 Å². The van der Waals surface area contributed by atoms with E-state index in [4.69, 9.17) is 0 Å². The molecule has 0 aliphatic heterocycles. The van der Waals surface area contributed by atoms with Crippen LogP contribution in [0.4, 0.5) is 4.39 Å². The molecule has 0 aliphatic carbocycles. The summed E-state index contributed by atoms with van der Waals surface area (Å²) in [5.74, 6) is -0.527. The molecule has 0 radical (unpaired) electrons. The van der Waals surface area contributed by atoms with Gasteiger partial charge in [-0.15, -0.1) is 0 Å². The quantitative estimate of drug-likeness (QED) is 0.916. The number of rotatable bonds is 4. The average Bonchev–Trinajstić information content (AvgIpc) is 2.39. The van der Waals surface area contributed by atoms with Crippen molar-refractivity contribution in [3.05, 3.63) is 69.9 Å². The van der Waals surface area contributed by atoms with Gasteiger partial charge in [-0.1, -0.05) is 28.1 Å². The van der Waals surface area contributed by atoms with E-state index in [2.05, 4.69) is 21.2 Å². The lowest BCUT2D eigenvalue weighted by atomic mass is 10.1. The van der Waals surface area contributed by atoms with Gasteiger partial charge >= 0.3 is 0 Å². The molecule has 0 bridgehead atoms. The Bertz CT molecular complexity index is 569. The molecule has 2 rings (SSSR count). The minimum absolute atomic E-state index is 0.185. The summed E-state index contributed by atoms with van der Waals surface area (Å²) in [5.41, 5.74) is 1.62. The molecule has 1 N–H and O–H groups in total. The van der Waals surface area contributed by atoms with Gasteiger partial charge in [-0.3, -0.25) is 4.79 Å². The number of hydrogen-bond donors (Lipinski definition) is 1. The zero-order chi connectivity index (χ0) is 13.7. The van der Waals surface area contributed by atoms with E-state index < -0.39 is 0 Å². The lowest BCUT2D eigenvalue weighted by Crippen LogP contribution is -2.25. The smallest absolute Gasteiger partial charge is 0.251 e. The third-order valence-electron chi connectivity index (χ3n) is 2.69. The molecule has 2 aromatic carbocycles. The van der Waals surface area contributed by atoms with Gasteiger partial charge in [0.15, 0.2) is 0 Å². The highest BCUT2D eigenvalue weighted by molar-refractivity contribution is 9.10. The maximum atomic E-state index is 12.7. The lowest BCUT2D eigenvalue weighted by Gasteiger charge is -2.05. The lowest BCUT2D eigenvalue weighted by molar-refractivity contribution is 0.0954. The second kappa shape index (κ2) is 6.48. The Morgan fingerprint density at radius 2 is 1.89 bits per heavy atom. The molecular weight excluding hydrogens is 309 g/mol. The van der Waals surface area contributed by atoms with Crippen LogP contribution in [0.15, 0.2) is 53.0 Å². The van der Waals surface area contributed by atoms with Crippen molar-refractivity contribution in [1.82, 2.24) is 5.32 Å². The van der Waals surface area contributed by atoms with Crippen LogP contribution >= 0.6 is 15.9 Å². The number of amides is 1. The molecule has 4 heteroatoms. The highest BCUT2D eigenvalue weighted by Crippen LogP contribution is 2.11. The Kier molecular flexibility index (Phi) is 4.68. The van der Waals surface area contributed by atoms with Gasteiger partial charge in [-0.05, 0) is 48.4 Å². The summed E-state index contributed by atoms with van der Waals surface area (Å²) in [7, 11) is 0. The molecule has 0 unspecified atom stereocenters. The number of carbonyl (C=O) groups is 1. The van der Waals surface area contributed by atoms with Gasteiger partial charge in [0.1, 0.15) is 5.82 Å². The van der Waals surface area contributed by atoms with E-state index in [9.17, 15) is 9.18 Å². The standard InChI is InChI=1S/C15H13BrFNO/c16-13-3-1-2-11(10-13)8-9-18-15(19)12-4-6-14(17)7-5-12/h1-7,10H,8-9H2,(H,18,19). The van der Waals surface area contributed by atoms with Crippen molar-refractivity contribution in [3.63, 3.8) is 0 Å². The Morgan fingerprint density at radius 1 is 1.16 bits per heavy atom. The van der Waals surface area contributed by atoms with Crippen LogP contribution in [0.5, 0.6) is 0 Å². The summed E-state index contributed by atoms with van der Waals surface area (Å²) in [4.78, 5) is 11.8. The first-order chi connectivity index (χ1) is 9.15. The normalized spacial score (nSPS) is 10.2. The monoisotopic (exact) mass is 321 g/mol. The Hall–Kier alpha value is -1.68. The van der Waals surface area contributed by atoms with Crippen LogP contribution < -0.4 is 5.32 Å². The number of carbonyl (C=O) groups excluding carboxylic acids is 1. The molecule has 2 nitrogen and oxygen atoms in total. The van der Waals surface area contributed by atoms with Crippen molar-refractivity contribution >= 4 is 21.8 Å². The maximum absolute atomic E-state index is 12.7. The Balaban J connectivity index is 1.86. The molecule has 0 fully saturated rings. The van der Waals surface area contributed by atoms with Gasteiger partial charge in [-0.25, -0.2) is 4.39 Å². The SMILES string of the molecule is O=C(NCCc1cccc(Br)c1)c1ccc(F)cc1. The molecule has 0 aromatic heterocycles. The molecule has 98 valence electrons. The predicted octanol–water partition coefficient (Wildman–Crippen LogP) is 3.56. The second-order valence-corrected chi connectivity index (χ2v) is 5.06. The first-order valence-corrected chi connectivity index (χ1v) is 6.72. The number of benzene rings is 2. The Morgan fingerprint density at radius 3 is 2.58 bits per heavy atom. The van der Waals surface area contributed by atoms with Gasteiger partial charge in [0, 0.05) is 16.6 Å². The highest BCUT2D eigenvalue weighted by atomic mass is 79.9. The number of hydrogen-bond acceptors (Lipinski definition) is 1. The van der Waals surface area contributed by atoms with Crippen molar-refractivity contribution in [3.8, 4) is 0 Å². The zero-order valence-electron chi connectivity index (χ0n) is 10.2. The highest BCUT2D eigenvalue weighted by Gasteiger charge is 2.04. The number of halogens is 2. The average molecular weight is 322 g/mol. The Labute approximate surface area is 119 Å². The fraction of sp³-hybridized carbons (Fsp3) is 0.133. The van der Waals surface area contributed by atoms with Gasteiger partial charge in [0.2, 0.25) is 0 Å². The van der Waals surface area contributed by atoms with Crippen molar-refractivity contribution in [2.45, 2.75) is 6.42 Å². The molecule has 2 aromatic rings. The van der Waals surface area contributed by atoms with E-state index in [1.807, 2.05) is 24.3 Å². The first kappa shape index (κ1) is 13.7. The van der Waals surface area contributed by atoms with Crippen LogP contribution in [0.1, 0.15) is 15.9 Å². The van der Waals surface area contributed by atoms with Crippen LogP contribution in [0.2, 0.25) is 0 Å². The summed E-state index contributed by atoms with van der Waals surface area (Å²) < 4.78 is 13.7. The van der Waals surface area contributed by atoms with Crippen LogP contribution in [-0.2, 0) is 6.42 Å². The molecule has 0 saturated heterocycles. The topological polar surface area (TPSA) is 29.1 Å². The van der Waals surface area contributed by atoms with E-state index in [1.165, 1.54) is 24.3 Å². The molecule has 0 saturated carbocycles.